The number of hydrogen-bond donors (Lipinski definition) is 0. The van der Waals surface area contributed by atoms with Gasteiger partial charge in [0, 0.05) is 17.5 Å². The Bertz CT molecular complexity index is 370. The van der Waals surface area contributed by atoms with Gasteiger partial charge in [0.2, 0.25) is 0 Å². The van der Waals surface area contributed by atoms with Crippen molar-refractivity contribution < 1.29 is 0 Å². The monoisotopic (exact) mass is 316 g/mol. The van der Waals surface area contributed by atoms with Gasteiger partial charge in [-0.15, -0.1) is 0 Å². The molecule has 1 fully saturated rings. The number of rotatable bonds is 5. The summed E-state index contributed by atoms with van der Waals surface area (Å²) in [6.07, 6.45) is 6.67. The summed E-state index contributed by atoms with van der Waals surface area (Å²) in [5.41, 5.74) is 2.58. The second-order valence-corrected chi connectivity index (χ2v) is 6.68. The van der Waals surface area contributed by atoms with Gasteiger partial charge in [0.05, 0.1) is 15.9 Å². The fourth-order valence-electron chi connectivity index (χ4n) is 2.41. The van der Waals surface area contributed by atoms with Crippen LogP contribution in [-0.4, -0.2) is 15.0 Å². The van der Waals surface area contributed by atoms with Crippen molar-refractivity contribution in [1.82, 2.24) is 9.78 Å². The largest absolute Gasteiger partial charge is 0.268 e. The van der Waals surface area contributed by atoms with E-state index in [4.69, 9.17) is 0 Å². The lowest BCUT2D eigenvalue weighted by atomic mass is 10.3. The molecule has 1 aliphatic carbocycles. The van der Waals surface area contributed by atoms with E-state index in [-0.39, 0.29) is 0 Å². The van der Waals surface area contributed by atoms with Crippen molar-refractivity contribution >= 4 is 27.7 Å². The molecule has 0 spiro atoms. The maximum absolute atomic E-state index is 4.65. The molecule has 0 amide bonds. The van der Waals surface area contributed by atoms with Crippen LogP contribution in [0.15, 0.2) is 4.47 Å². The first-order chi connectivity index (χ1) is 8.26. The van der Waals surface area contributed by atoms with E-state index in [9.17, 15) is 0 Å². The number of thioether (sulfide) groups is 1. The van der Waals surface area contributed by atoms with E-state index in [1.165, 1.54) is 41.5 Å². The van der Waals surface area contributed by atoms with Crippen molar-refractivity contribution in [2.45, 2.75) is 63.5 Å². The molecule has 2 rings (SSSR count). The molecular formula is C13H21BrN2S. The molecule has 2 nitrogen and oxygen atoms in total. The minimum absolute atomic E-state index is 0.882. The van der Waals surface area contributed by atoms with Crippen molar-refractivity contribution in [3.05, 3.63) is 15.9 Å². The van der Waals surface area contributed by atoms with Gasteiger partial charge in [0.15, 0.2) is 0 Å². The molecule has 1 aromatic heterocycles. The van der Waals surface area contributed by atoms with E-state index in [1.807, 2.05) is 0 Å². The van der Waals surface area contributed by atoms with Crippen LogP contribution in [0.3, 0.4) is 0 Å². The Morgan fingerprint density at radius 1 is 1.35 bits per heavy atom. The summed E-state index contributed by atoms with van der Waals surface area (Å²) in [5.74, 6) is 1.10. The van der Waals surface area contributed by atoms with Crippen LogP contribution < -0.4 is 0 Å². The van der Waals surface area contributed by atoms with Gasteiger partial charge in [-0.25, -0.2) is 0 Å². The van der Waals surface area contributed by atoms with Crippen molar-refractivity contribution in [2.24, 2.45) is 0 Å². The van der Waals surface area contributed by atoms with E-state index < -0.39 is 0 Å². The Kier molecular flexibility index (Phi) is 4.97. The van der Waals surface area contributed by atoms with Crippen molar-refractivity contribution in [3.8, 4) is 0 Å². The van der Waals surface area contributed by atoms with Crippen LogP contribution in [0.4, 0.5) is 0 Å². The number of aromatic nitrogens is 2. The zero-order valence-corrected chi connectivity index (χ0v) is 13.1. The van der Waals surface area contributed by atoms with E-state index in [2.05, 4.69) is 51.3 Å². The van der Waals surface area contributed by atoms with Gasteiger partial charge in [0.1, 0.15) is 0 Å². The van der Waals surface area contributed by atoms with Gasteiger partial charge < -0.3 is 0 Å². The van der Waals surface area contributed by atoms with E-state index in [0.717, 1.165) is 24.0 Å². The Balaban J connectivity index is 2.05. The minimum atomic E-state index is 0.882. The minimum Gasteiger partial charge on any atom is -0.268 e. The van der Waals surface area contributed by atoms with Crippen molar-refractivity contribution in [2.75, 3.05) is 0 Å². The van der Waals surface area contributed by atoms with E-state index in [1.54, 1.807) is 0 Å². The Morgan fingerprint density at radius 2 is 2.06 bits per heavy atom. The molecule has 1 aliphatic rings. The molecule has 17 heavy (non-hydrogen) atoms. The number of aryl methyl sites for hydroxylation is 2. The number of nitrogens with zero attached hydrogens (tertiary/aromatic N) is 2. The molecule has 0 bridgehead atoms. The number of halogens is 1. The predicted octanol–water partition coefficient (Wildman–Crippen LogP) is 4.40. The average molecular weight is 317 g/mol. The third kappa shape index (κ3) is 3.08. The van der Waals surface area contributed by atoms with Crippen molar-refractivity contribution in [1.29, 1.82) is 0 Å². The average Bonchev–Trinajstić information content (AvgIpc) is 2.94. The fraction of sp³-hybridized carbons (Fsp3) is 0.769. The maximum Gasteiger partial charge on any atom is 0.0767 e. The van der Waals surface area contributed by atoms with Gasteiger partial charge in [0.25, 0.3) is 0 Å². The molecule has 96 valence electrons. The highest BCUT2D eigenvalue weighted by molar-refractivity contribution is 9.10. The lowest BCUT2D eigenvalue weighted by Crippen LogP contribution is -2.04. The van der Waals surface area contributed by atoms with Gasteiger partial charge in [-0.2, -0.15) is 16.9 Å². The summed E-state index contributed by atoms with van der Waals surface area (Å²) in [6.45, 7) is 5.31. The molecule has 0 atom stereocenters. The maximum atomic E-state index is 4.65. The lowest BCUT2D eigenvalue weighted by molar-refractivity contribution is 0.627. The highest BCUT2D eigenvalue weighted by Gasteiger charge is 2.19. The van der Waals surface area contributed by atoms with E-state index >= 15 is 0 Å². The Morgan fingerprint density at radius 3 is 2.65 bits per heavy atom. The summed E-state index contributed by atoms with van der Waals surface area (Å²) in [7, 11) is 0. The van der Waals surface area contributed by atoms with Gasteiger partial charge >= 0.3 is 0 Å². The second kappa shape index (κ2) is 6.28. The highest BCUT2D eigenvalue weighted by atomic mass is 79.9. The highest BCUT2D eigenvalue weighted by Crippen LogP contribution is 2.34. The number of hydrogen-bond acceptors (Lipinski definition) is 2. The summed E-state index contributed by atoms with van der Waals surface area (Å²) >= 11 is 5.83. The SMILES string of the molecule is CCc1nn(CC)c(CSC2CCCC2)c1Br. The molecule has 0 unspecified atom stereocenters. The summed E-state index contributed by atoms with van der Waals surface area (Å²) in [6, 6.07) is 0. The fourth-order valence-corrected chi connectivity index (χ4v) is 4.65. The summed E-state index contributed by atoms with van der Waals surface area (Å²) in [4.78, 5) is 0. The third-order valence-corrected chi connectivity index (χ3v) is 5.75. The second-order valence-electron chi connectivity index (χ2n) is 4.59. The first-order valence-electron chi connectivity index (χ1n) is 6.61. The Labute approximate surface area is 117 Å². The van der Waals surface area contributed by atoms with Crippen LogP contribution in [0.2, 0.25) is 0 Å². The van der Waals surface area contributed by atoms with Crippen LogP contribution >= 0.6 is 27.7 Å². The molecule has 1 heterocycles. The smallest absolute Gasteiger partial charge is 0.0767 e. The normalized spacial score (nSPS) is 16.9. The molecule has 0 radical (unpaired) electrons. The zero-order chi connectivity index (χ0) is 12.3. The molecule has 1 aromatic rings. The first kappa shape index (κ1) is 13.5. The molecule has 0 aromatic carbocycles. The van der Waals surface area contributed by atoms with Crippen LogP contribution in [0, 0.1) is 0 Å². The quantitative estimate of drug-likeness (QED) is 0.801. The predicted molar refractivity (Wildman–Crippen MR) is 78.5 cm³/mol. The summed E-state index contributed by atoms with van der Waals surface area (Å²) in [5, 5.41) is 5.53. The van der Waals surface area contributed by atoms with Crippen LogP contribution in [0.25, 0.3) is 0 Å². The molecule has 1 saturated carbocycles. The third-order valence-electron chi connectivity index (χ3n) is 3.45. The summed E-state index contributed by atoms with van der Waals surface area (Å²) < 4.78 is 3.40. The van der Waals surface area contributed by atoms with E-state index in [0.29, 0.717) is 0 Å². The van der Waals surface area contributed by atoms with Crippen molar-refractivity contribution in [3.63, 3.8) is 0 Å². The molecule has 0 N–H and O–H groups in total. The first-order valence-corrected chi connectivity index (χ1v) is 8.46. The van der Waals surface area contributed by atoms with Gasteiger partial charge in [-0.05, 0) is 42.1 Å². The van der Waals surface area contributed by atoms with Gasteiger partial charge in [-0.1, -0.05) is 19.8 Å². The van der Waals surface area contributed by atoms with Gasteiger partial charge in [-0.3, -0.25) is 4.68 Å². The lowest BCUT2D eigenvalue weighted by Gasteiger charge is -2.10. The molecule has 4 heteroatoms. The zero-order valence-electron chi connectivity index (χ0n) is 10.7. The molecular weight excluding hydrogens is 296 g/mol. The van der Waals surface area contributed by atoms with Crippen LogP contribution in [0.1, 0.15) is 50.9 Å². The standard InChI is InChI=1S/C13H21BrN2S/c1-3-11-13(14)12(16(4-2)15-11)9-17-10-7-5-6-8-10/h10H,3-9H2,1-2H3. The Hall–Kier alpha value is 0.0400. The topological polar surface area (TPSA) is 17.8 Å². The molecule has 0 aliphatic heterocycles. The molecule has 0 saturated heterocycles. The van der Waals surface area contributed by atoms with Crippen LogP contribution in [0.5, 0.6) is 0 Å². The van der Waals surface area contributed by atoms with Crippen LogP contribution in [-0.2, 0) is 18.7 Å².